The van der Waals surface area contributed by atoms with E-state index in [2.05, 4.69) is 20.6 Å². The average molecular weight is 417 g/mol. The van der Waals surface area contributed by atoms with Crippen LogP contribution in [0.4, 0.5) is 5.69 Å². The van der Waals surface area contributed by atoms with Crippen molar-refractivity contribution in [2.75, 3.05) is 23.9 Å². The summed E-state index contributed by atoms with van der Waals surface area (Å²) in [6, 6.07) is 8.40. The van der Waals surface area contributed by atoms with E-state index in [9.17, 15) is 9.59 Å². The topological polar surface area (TPSA) is 93.2 Å². The van der Waals surface area contributed by atoms with E-state index in [4.69, 9.17) is 4.74 Å². The quantitative estimate of drug-likeness (QED) is 0.653. The zero-order valence-corrected chi connectivity index (χ0v) is 18.1. The van der Waals surface area contributed by atoms with Crippen LogP contribution >= 0.6 is 11.8 Å². The molecule has 0 fully saturated rings. The van der Waals surface area contributed by atoms with E-state index in [0.29, 0.717) is 23.7 Å². The second-order valence-electron chi connectivity index (χ2n) is 7.54. The Bertz CT molecular complexity index is 792. The van der Waals surface area contributed by atoms with E-state index in [1.165, 1.54) is 0 Å². The maximum atomic E-state index is 12.7. The number of amides is 2. The Kier molecular flexibility index (Phi) is 8.45. The molecule has 2 rings (SSSR count). The zero-order chi connectivity index (χ0) is 21.3. The highest BCUT2D eigenvalue weighted by atomic mass is 32.2. The highest BCUT2D eigenvalue weighted by molar-refractivity contribution is 7.98. The van der Waals surface area contributed by atoms with Gasteiger partial charge in [-0.3, -0.25) is 9.59 Å². The summed E-state index contributed by atoms with van der Waals surface area (Å²) < 4.78 is 5.45. The molecule has 2 N–H and O–H groups in total. The summed E-state index contributed by atoms with van der Waals surface area (Å²) in [7, 11) is 0. The first kappa shape index (κ1) is 22.7. The SMILES string of the molecule is CSCCC(NC(=O)COc1ccccc1)C(=O)Nc1cnc(C(C)(C)C)nc1. The fourth-order valence-corrected chi connectivity index (χ4v) is 2.89. The molecule has 0 aliphatic heterocycles. The van der Waals surface area contributed by atoms with Crippen molar-refractivity contribution in [2.24, 2.45) is 0 Å². The number of anilines is 1. The Morgan fingerprint density at radius 1 is 1.14 bits per heavy atom. The molecule has 1 atom stereocenters. The molecule has 7 nitrogen and oxygen atoms in total. The molecule has 2 amide bonds. The summed E-state index contributed by atoms with van der Waals surface area (Å²) >= 11 is 1.61. The van der Waals surface area contributed by atoms with Crippen LogP contribution in [-0.4, -0.2) is 46.4 Å². The van der Waals surface area contributed by atoms with E-state index < -0.39 is 6.04 Å². The molecular formula is C21H28N4O3S. The number of hydrogen-bond donors (Lipinski definition) is 2. The van der Waals surface area contributed by atoms with E-state index in [0.717, 1.165) is 5.75 Å². The molecule has 156 valence electrons. The van der Waals surface area contributed by atoms with Gasteiger partial charge in [0, 0.05) is 5.41 Å². The van der Waals surface area contributed by atoms with Crippen LogP contribution in [0.2, 0.25) is 0 Å². The molecule has 0 aliphatic carbocycles. The van der Waals surface area contributed by atoms with E-state index in [1.807, 2.05) is 45.2 Å². The number of carbonyl (C=O) groups excluding carboxylic acids is 2. The molecule has 1 unspecified atom stereocenters. The van der Waals surface area contributed by atoms with Crippen LogP contribution in [0.25, 0.3) is 0 Å². The lowest BCUT2D eigenvalue weighted by Gasteiger charge is -2.19. The standard InChI is InChI=1S/C21H28N4O3S/c1-21(2,3)20-22-12-15(13-23-20)24-19(27)17(10-11-29-4)25-18(26)14-28-16-8-6-5-7-9-16/h5-9,12-13,17H,10-11,14H2,1-4H3,(H,24,27)(H,25,26). The molecule has 0 aliphatic rings. The number of carbonyl (C=O) groups is 2. The molecule has 0 spiro atoms. The average Bonchev–Trinajstić information content (AvgIpc) is 2.70. The molecule has 0 saturated heterocycles. The largest absolute Gasteiger partial charge is 0.484 e. The smallest absolute Gasteiger partial charge is 0.258 e. The maximum Gasteiger partial charge on any atom is 0.258 e. The molecular weight excluding hydrogens is 388 g/mol. The monoisotopic (exact) mass is 416 g/mol. The second-order valence-corrected chi connectivity index (χ2v) is 8.52. The van der Waals surface area contributed by atoms with Gasteiger partial charge in [0.15, 0.2) is 6.61 Å². The van der Waals surface area contributed by atoms with Gasteiger partial charge < -0.3 is 15.4 Å². The van der Waals surface area contributed by atoms with Crippen molar-refractivity contribution < 1.29 is 14.3 Å². The van der Waals surface area contributed by atoms with Gasteiger partial charge in [0.1, 0.15) is 17.6 Å². The molecule has 29 heavy (non-hydrogen) atoms. The van der Waals surface area contributed by atoms with Crippen molar-refractivity contribution >= 4 is 29.3 Å². The van der Waals surface area contributed by atoms with Crippen LogP contribution in [-0.2, 0) is 15.0 Å². The first-order chi connectivity index (χ1) is 13.8. The zero-order valence-electron chi connectivity index (χ0n) is 17.3. The van der Waals surface area contributed by atoms with Gasteiger partial charge in [0.05, 0.1) is 18.1 Å². The van der Waals surface area contributed by atoms with Gasteiger partial charge >= 0.3 is 0 Å². The fourth-order valence-electron chi connectivity index (χ4n) is 2.42. The normalized spacial score (nSPS) is 12.1. The molecule has 0 bridgehead atoms. The van der Waals surface area contributed by atoms with Crippen LogP contribution in [0.15, 0.2) is 42.7 Å². The van der Waals surface area contributed by atoms with Gasteiger partial charge in [-0.15, -0.1) is 0 Å². The van der Waals surface area contributed by atoms with Crippen molar-refractivity contribution in [3.05, 3.63) is 48.5 Å². The maximum absolute atomic E-state index is 12.7. The third-order valence-electron chi connectivity index (χ3n) is 3.97. The summed E-state index contributed by atoms with van der Waals surface area (Å²) in [5.74, 6) is 1.37. The first-order valence-electron chi connectivity index (χ1n) is 9.39. The summed E-state index contributed by atoms with van der Waals surface area (Å²) in [6.07, 6.45) is 5.62. The van der Waals surface area contributed by atoms with Gasteiger partial charge in [-0.1, -0.05) is 39.0 Å². The van der Waals surface area contributed by atoms with E-state index in [-0.39, 0.29) is 23.8 Å². The highest BCUT2D eigenvalue weighted by Crippen LogP contribution is 2.18. The van der Waals surface area contributed by atoms with Crippen molar-refractivity contribution in [1.82, 2.24) is 15.3 Å². The Morgan fingerprint density at radius 3 is 2.38 bits per heavy atom. The number of ether oxygens (including phenoxy) is 1. The molecule has 0 radical (unpaired) electrons. The van der Waals surface area contributed by atoms with Crippen LogP contribution in [0.5, 0.6) is 5.75 Å². The summed E-state index contributed by atoms with van der Waals surface area (Å²) in [5, 5.41) is 5.53. The minimum absolute atomic E-state index is 0.156. The summed E-state index contributed by atoms with van der Waals surface area (Å²) in [4.78, 5) is 33.6. The lowest BCUT2D eigenvalue weighted by molar-refractivity contribution is -0.127. The van der Waals surface area contributed by atoms with Crippen molar-refractivity contribution in [3.63, 3.8) is 0 Å². The van der Waals surface area contributed by atoms with E-state index in [1.54, 1.807) is 36.3 Å². The number of para-hydroxylation sites is 1. The van der Waals surface area contributed by atoms with Crippen molar-refractivity contribution in [3.8, 4) is 5.75 Å². The number of hydrogen-bond acceptors (Lipinski definition) is 6. The third-order valence-corrected chi connectivity index (χ3v) is 4.61. The van der Waals surface area contributed by atoms with Crippen LogP contribution in [0.1, 0.15) is 33.0 Å². The van der Waals surface area contributed by atoms with Gasteiger partial charge in [0.25, 0.3) is 5.91 Å². The van der Waals surface area contributed by atoms with Crippen LogP contribution in [0, 0.1) is 0 Å². The number of benzene rings is 1. The summed E-state index contributed by atoms with van der Waals surface area (Å²) in [6.45, 7) is 5.90. The molecule has 2 aromatic rings. The fraction of sp³-hybridized carbons (Fsp3) is 0.429. The van der Waals surface area contributed by atoms with Crippen molar-refractivity contribution in [1.29, 1.82) is 0 Å². The van der Waals surface area contributed by atoms with Gasteiger partial charge in [-0.2, -0.15) is 11.8 Å². The molecule has 1 heterocycles. The van der Waals surface area contributed by atoms with Gasteiger partial charge in [-0.25, -0.2) is 9.97 Å². The predicted molar refractivity (Wildman–Crippen MR) is 116 cm³/mol. The molecule has 8 heteroatoms. The molecule has 1 aromatic carbocycles. The predicted octanol–water partition coefficient (Wildman–Crippen LogP) is 3.03. The third kappa shape index (κ3) is 7.73. The number of nitrogens with one attached hydrogen (secondary N) is 2. The minimum Gasteiger partial charge on any atom is -0.484 e. The lowest BCUT2D eigenvalue weighted by atomic mass is 9.96. The number of nitrogens with zero attached hydrogens (tertiary/aromatic N) is 2. The Morgan fingerprint density at radius 2 is 1.79 bits per heavy atom. The number of thioether (sulfide) groups is 1. The summed E-state index contributed by atoms with van der Waals surface area (Å²) in [5.41, 5.74) is 0.322. The lowest BCUT2D eigenvalue weighted by Crippen LogP contribution is -2.45. The Balaban J connectivity index is 1.95. The Hall–Kier alpha value is -2.61. The number of aromatic nitrogens is 2. The second kappa shape index (κ2) is 10.8. The van der Waals surface area contributed by atoms with Gasteiger partial charge in [0.2, 0.25) is 5.91 Å². The minimum atomic E-state index is -0.670. The molecule has 1 aromatic heterocycles. The van der Waals surface area contributed by atoms with Gasteiger partial charge in [-0.05, 0) is 30.6 Å². The highest BCUT2D eigenvalue weighted by Gasteiger charge is 2.22. The van der Waals surface area contributed by atoms with Crippen LogP contribution < -0.4 is 15.4 Å². The molecule has 0 saturated carbocycles. The van der Waals surface area contributed by atoms with Crippen LogP contribution in [0.3, 0.4) is 0 Å². The Labute approximate surface area is 176 Å². The van der Waals surface area contributed by atoms with Crippen molar-refractivity contribution in [2.45, 2.75) is 38.6 Å². The first-order valence-corrected chi connectivity index (χ1v) is 10.8. The number of rotatable bonds is 9. The van der Waals surface area contributed by atoms with E-state index >= 15 is 0 Å².